The van der Waals surface area contributed by atoms with Gasteiger partial charge in [-0.2, -0.15) is 0 Å². The minimum Gasteiger partial charge on any atom is -0.469 e. The highest BCUT2D eigenvalue weighted by molar-refractivity contribution is 5.70. The SMILES string of the molecule is COC(=O)C[C@@]12CC[C@@](C)([C@H](O)C1)C2(C)C. The Bertz CT molecular complexity index is 323. The zero-order valence-corrected chi connectivity index (χ0v) is 10.7. The molecule has 0 aromatic rings. The van der Waals surface area contributed by atoms with Crippen LogP contribution in [-0.2, 0) is 9.53 Å². The number of methoxy groups -OCH3 is 1. The predicted octanol–water partition coefficient (Wildman–Crippen LogP) is 2.13. The molecule has 0 aromatic carbocycles. The molecule has 2 fully saturated rings. The maximum absolute atomic E-state index is 11.5. The lowest BCUT2D eigenvalue weighted by Crippen LogP contribution is -2.37. The molecule has 2 bridgehead atoms. The van der Waals surface area contributed by atoms with Crippen LogP contribution in [0.25, 0.3) is 0 Å². The molecule has 0 unspecified atom stereocenters. The molecular weight excluding hydrogens is 204 g/mol. The summed E-state index contributed by atoms with van der Waals surface area (Å²) < 4.78 is 4.80. The molecule has 1 N–H and O–H groups in total. The molecule has 0 aromatic heterocycles. The van der Waals surface area contributed by atoms with Gasteiger partial charge in [0.25, 0.3) is 0 Å². The number of fused-ring (bicyclic) bond motifs is 2. The van der Waals surface area contributed by atoms with Crippen LogP contribution in [0.15, 0.2) is 0 Å². The Morgan fingerprint density at radius 3 is 2.38 bits per heavy atom. The molecule has 0 radical (unpaired) electrons. The standard InChI is InChI=1S/C13H22O3/c1-11(2)12(3)5-6-13(11,7-9(12)14)8-10(15)16-4/h9,14H,5-8H2,1-4H3/t9-,12+,13-/m1/s1. The summed E-state index contributed by atoms with van der Waals surface area (Å²) in [4.78, 5) is 11.5. The third kappa shape index (κ3) is 1.15. The van der Waals surface area contributed by atoms with Crippen molar-refractivity contribution < 1.29 is 14.6 Å². The zero-order valence-electron chi connectivity index (χ0n) is 10.7. The normalized spacial score (nSPS) is 44.7. The Hall–Kier alpha value is -0.570. The van der Waals surface area contributed by atoms with Gasteiger partial charge in [-0.25, -0.2) is 0 Å². The van der Waals surface area contributed by atoms with Crippen molar-refractivity contribution in [3.63, 3.8) is 0 Å². The average Bonchev–Trinajstić information content (AvgIpc) is 2.47. The largest absolute Gasteiger partial charge is 0.469 e. The molecule has 3 heteroatoms. The highest BCUT2D eigenvalue weighted by Gasteiger charge is 2.69. The summed E-state index contributed by atoms with van der Waals surface area (Å²) in [5.41, 5.74) is -0.0944. The van der Waals surface area contributed by atoms with Crippen molar-refractivity contribution in [2.45, 2.75) is 52.6 Å². The van der Waals surface area contributed by atoms with Crippen LogP contribution in [0.2, 0.25) is 0 Å². The van der Waals surface area contributed by atoms with Crippen LogP contribution in [0.3, 0.4) is 0 Å². The number of rotatable bonds is 2. The summed E-state index contributed by atoms with van der Waals surface area (Å²) in [6.07, 6.45) is 2.95. The van der Waals surface area contributed by atoms with Gasteiger partial charge in [-0.1, -0.05) is 20.8 Å². The predicted molar refractivity (Wildman–Crippen MR) is 60.8 cm³/mol. The molecule has 0 saturated heterocycles. The van der Waals surface area contributed by atoms with E-state index in [2.05, 4.69) is 20.8 Å². The van der Waals surface area contributed by atoms with Gasteiger partial charge in [0.15, 0.2) is 0 Å². The highest BCUT2D eigenvalue weighted by atomic mass is 16.5. The van der Waals surface area contributed by atoms with E-state index in [4.69, 9.17) is 4.74 Å². The second-order valence-corrected chi connectivity index (χ2v) is 6.30. The molecule has 2 aliphatic rings. The summed E-state index contributed by atoms with van der Waals surface area (Å²) in [5.74, 6) is -0.147. The molecule has 0 aliphatic heterocycles. The van der Waals surface area contributed by atoms with Crippen LogP contribution < -0.4 is 0 Å². The summed E-state index contributed by atoms with van der Waals surface area (Å²) in [6, 6.07) is 0. The second-order valence-electron chi connectivity index (χ2n) is 6.30. The van der Waals surface area contributed by atoms with Crippen LogP contribution in [-0.4, -0.2) is 24.3 Å². The van der Waals surface area contributed by atoms with E-state index in [1.165, 1.54) is 7.11 Å². The third-order valence-electron chi connectivity index (χ3n) is 5.91. The number of ether oxygens (including phenoxy) is 1. The van der Waals surface area contributed by atoms with Crippen molar-refractivity contribution in [2.75, 3.05) is 7.11 Å². The molecular formula is C13H22O3. The first kappa shape index (κ1) is 11.9. The molecule has 2 rings (SSSR count). The number of aliphatic hydroxyl groups is 1. The van der Waals surface area contributed by atoms with Gasteiger partial charge in [-0.15, -0.1) is 0 Å². The average molecular weight is 226 g/mol. The van der Waals surface area contributed by atoms with Crippen LogP contribution in [0, 0.1) is 16.2 Å². The second kappa shape index (κ2) is 3.22. The van der Waals surface area contributed by atoms with Crippen molar-refractivity contribution in [1.82, 2.24) is 0 Å². The van der Waals surface area contributed by atoms with E-state index in [0.29, 0.717) is 6.42 Å². The van der Waals surface area contributed by atoms with Gasteiger partial charge in [0.1, 0.15) is 0 Å². The third-order valence-corrected chi connectivity index (χ3v) is 5.91. The summed E-state index contributed by atoms with van der Waals surface area (Å²) in [7, 11) is 1.44. The Morgan fingerprint density at radius 1 is 1.38 bits per heavy atom. The van der Waals surface area contributed by atoms with Gasteiger partial charge >= 0.3 is 5.97 Å². The Kier molecular flexibility index (Phi) is 2.40. The van der Waals surface area contributed by atoms with E-state index in [0.717, 1.165) is 19.3 Å². The topological polar surface area (TPSA) is 46.5 Å². The maximum Gasteiger partial charge on any atom is 0.306 e. The number of carbonyl (C=O) groups is 1. The van der Waals surface area contributed by atoms with E-state index in [9.17, 15) is 9.90 Å². The monoisotopic (exact) mass is 226 g/mol. The molecule has 92 valence electrons. The van der Waals surface area contributed by atoms with Gasteiger partial charge in [0.05, 0.1) is 19.6 Å². The molecule has 0 amide bonds. The summed E-state index contributed by atoms with van der Waals surface area (Å²) in [5, 5.41) is 10.2. The van der Waals surface area contributed by atoms with Crippen LogP contribution in [0.1, 0.15) is 46.5 Å². The van der Waals surface area contributed by atoms with Gasteiger partial charge in [-0.05, 0) is 35.5 Å². The minimum absolute atomic E-state index is 0.00755. The quantitative estimate of drug-likeness (QED) is 0.734. The fraction of sp³-hybridized carbons (Fsp3) is 0.923. The molecule has 3 nitrogen and oxygen atoms in total. The maximum atomic E-state index is 11.5. The summed E-state index contributed by atoms with van der Waals surface area (Å²) >= 11 is 0. The van der Waals surface area contributed by atoms with Crippen LogP contribution in [0.5, 0.6) is 0 Å². The molecule has 0 heterocycles. The van der Waals surface area contributed by atoms with Crippen molar-refractivity contribution in [2.24, 2.45) is 16.2 Å². The van der Waals surface area contributed by atoms with Gasteiger partial charge in [-0.3, -0.25) is 4.79 Å². The van der Waals surface area contributed by atoms with Crippen molar-refractivity contribution in [1.29, 1.82) is 0 Å². The number of carbonyl (C=O) groups excluding carboxylic acids is 1. The van der Waals surface area contributed by atoms with Gasteiger partial charge < -0.3 is 9.84 Å². The van der Waals surface area contributed by atoms with Crippen molar-refractivity contribution >= 4 is 5.97 Å². The first-order chi connectivity index (χ1) is 7.29. The van der Waals surface area contributed by atoms with E-state index in [1.54, 1.807) is 0 Å². The number of hydrogen-bond acceptors (Lipinski definition) is 3. The Labute approximate surface area is 97.2 Å². The smallest absolute Gasteiger partial charge is 0.306 e. The zero-order chi connectivity index (χ0) is 12.2. The van der Waals surface area contributed by atoms with E-state index in [1.807, 2.05) is 0 Å². The van der Waals surface area contributed by atoms with Crippen molar-refractivity contribution in [3.8, 4) is 0 Å². The molecule has 0 spiro atoms. The lowest BCUT2D eigenvalue weighted by molar-refractivity contribution is -0.145. The lowest BCUT2D eigenvalue weighted by atomic mass is 9.64. The molecule has 2 saturated carbocycles. The van der Waals surface area contributed by atoms with Gasteiger partial charge in [0, 0.05) is 0 Å². The minimum atomic E-state index is -0.277. The molecule has 3 atom stereocenters. The number of aliphatic hydroxyl groups excluding tert-OH is 1. The highest BCUT2D eigenvalue weighted by Crippen LogP contribution is 2.73. The number of esters is 1. The fourth-order valence-corrected chi connectivity index (χ4v) is 4.00. The van der Waals surface area contributed by atoms with Crippen LogP contribution >= 0.6 is 0 Å². The summed E-state index contributed by atoms with van der Waals surface area (Å²) in [6.45, 7) is 6.54. The van der Waals surface area contributed by atoms with Gasteiger partial charge in [0.2, 0.25) is 0 Å². The first-order valence-corrected chi connectivity index (χ1v) is 6.04. The Morgan fingerprint density at radius 2 is 2.00 bits per heavy atom. The first-order valence-electron chi connectivity index (χ1n) is 6.04. The number of hydrogen-bond donors (Lipinski definition) is 1. The van der Waals surface area contributed by atoms with Crippen molar-refractivity contribution in [3.05, 3.63) is 0 Å². The van der Waals surface area contributed by atoms with E-state index < -0.39 is 0 Å². The molecule has 16 heavy (non-hydrogen) atoms. The Balaban J connectivity index is 2.33. The lowest BCUT2D eigenvalue weighted by Gasteiger charge is -2.40. The fourth-order valence-electron chi connectivity index (χ4n) is 4.00. The van der Waals surface area contributed by atoms with E-state index >= 15 is 0 Å². The van der Waals surface area contributed by atoms with E-state index in [-0.39, 0.29) is 28.3 Å². The van der Waals surface area contributed by atoms with Crippen LogP contribution in [0.4, 0.5) is 0 Å². The molecule has 2 aliphatic carbocycles.